The van der Waals surface area contributed by atoms with Crippen LogP contribution in [0.5, 0.6) is 0 Å². The Bertz CT molecular complexity index is 1030. The second-order valence-corrected chi connectivity index (χ2v) is 8.85. The van der Waals surface area contributed by atoms with E-state index in [0.29, 0.717) is 0 Å². The van der Waals surface area contributed by atoms with Crippen molar-refractivity contribution in [1.29, 1.82) is 0 Å². The van der Waals surface area contributed by atoms with Crippen LogP contribution >= 0.6 is 0 Å². The van der Waals surface area contributed by atoms with Crippen LogP contribution in [0.4, 0.5) is 4.39 Å². The Labute approximate surface area is 180 Å². The third-order valence-electron chi connectivity index (χ3n) is 6.69. The summed E-state index contributed by atoms with van der Waals surface area (Å²) in [6.45, 7) is 2.56. The van der Waals surface area contributed by atoms with Crippen LogP contribution in [0.2, 0.25) is 0 Å². The maximum Gasteiger partial charge on any atom is 0.328 e. The van der Waals surface area contributed by atoms with Gasteiger partial charge in [-0.2, -0.15) is 0 Å². The summed E-state index contributed by atoms with van der Waals surface area (Å²) in [4.78, 5) is 39.8. The summed E-state index contributed by atoms with van der Waals surface area (Å²) in [6, 6.07) is 8.35. The Kier molecular flexibility index (Phi) is 6.36. The van der Waals surface area contributed by atoms with Gasteiger partial charge in [0.1, 0.15) is 12.4 Å². The fourth-order valence-corrected chi connectivity index (χ4v) is 5.07. The first kappa shape index (κ1) is 21.5. The van der Waals surface area contributed by atoms with Crippen molar-refractivity contribution in [3.63, 3.8) is 0 Å². The summed E-state index contributed by atoms with van der Waals surface area (Å²) in [5, 5.41) is 3.01. The summed E-state index contributed by atoms with van der Waals surface area (Å²) in [6.07, 6.45) is 7.52. The minimum absolute atomic E-state index is 0.0174. The second-order valence-electron chi connectivity index (χ2n) is 8.85. The van der Waals surface area contributed by atoms with Crippen molar-refractivity contribution in [2.75, 3.05) is 19.6 Å². The number of H-pyrrole nitrogens is 1. The Morgan fingerprint density at radius 3 is 2.58 bits per heavy atom. The van der Waals surface area contributed by atoms with Gasteiger partial charge in [-0.15, -0.1) is 0 Å². The fraction of sp³-hybridized carbons (Fsp3) is 0.522. The number of halogens is 1. The van der Waals surface area contributed by atoms with E-state index in [1.807, 2.05) is 0 Å². The third kappa shape index (κ3) is 5.12. The lowest BCUT2D eigenvalue weighted by Crippen LogP contribution is -2.49. The molecule has 0 atom stereocenters. The van der Waals surface area contributed by atoms with Crippen LogP contribution in [0.1, 0.15) is 44.1 Å². The number of carbonyl (C=O) groups excluding carboxylic acids is 1. The molecule has 1 aromatic carbocycles. The van der Waals surface area contributed by atoms with Gasteiger partial charge in [0, 0.05) is 43.4 Å². The molecule has 2 fully saturated rings. The lowest BCUT2D eigenvalue weighted by molar-refractivity contribution is -0.122. The van der Waals surface area contributed by atoms with Gasteiger partial charge in [0.2, 0.25) is 5.91 Å². The highest BCUT2D eigenvalue weighted by atomic mass is 19.1. The minimum Gasteiger partial charge on any atom is -0.352 e. The number of nitrogens with one attached hydrogen (secondary N) is 2. The zero-order chi connectivity index (χ0) is 21.8. The standard InChI is InChI=1S/C23H29FN4O3/c24-18-5-3-4-17(14-18)23(9-1-2-10-23)16-27-11-6-19(7-12-27)25-21(30)15-28-13-8-20(29)26-22(28)31/h3-5,8,13-14,19H,1-2,6-7,9-12,15-16H2,(H,25,30)(H,26,29,31). The molecule has 8 heteroatoms. The average Bonchev–Trinajstić information content (AvgIpc) is 3.21. The monoisotopic (exact) mass is 428 g/mol. The normalized spacial score (nSPS) is 19.4. The van der Waals surface area contributed by atoms with Gasteiger partial charge in [-0.3, -0.25) is 19.1 Å². The predicted octanol–water partition coefficient (Wildman–Crippen LogP) is 1.77. The predicted molar refractivity (Wildman–Crippen MR) is 115 cm³/mol. The fourth-order valence-electron chi connectivity index (χ4n) is 5.07. The molecule has 1 aliphatic carbocycles. The highest BCUT2D eigenvalue weighted by molar-refractivity contribution is 5.76. The molecule has 2 heterocycles. The molecular formula is C23H29FN4O3. The van der Waals surface area contributed by atoms with Crippen LogP contribution in [-0.2, 0) is 16.8 Å². The molecule has 0 radical (unpaired) electrons. The number of nitrogens with zero attached hydrogens (tertiary/aromatic N) is 2. The molecule has 1 saturated carbocycles. The number of amides is 1. The van der Waals surface area contributed by atoms with E-state index in [9.17, 15) is 18.8 Å². The van der Waals surface area contributed by atoms with E-state index >= 15 is 0 Å². The lowest BCUT2D eigenvalue weighted by atomic mass is 9.78. The Hall–Kier alpha value is -2.74. The van der Waals surface area contributed by atoms with Crippen LogP contribution in [0.15, 0.2) is 46.1 Å². The maximum absolute atomic E-state index is 13.9. The van der Waals surface area contributed by atoms with Gasteiger partial charge in [0.15, 0.2) is 0 Å². The summed E-state index contributed by atoms with van der Waals surface area (Å²) in [5.41, 5.74) is 0.0552. The van der Waals surface area contributed by atoms with E-state index in [-0.39, 0.29) is 29.7 Å². The van der Waals surface area contributed by atoms with E-state index in [2.05, 4.69) is 21.3 Å². The van der Waals surface area contributed by atoms with Crippen molar-refractivity contribution < 1.29 is 9.18 Å². The number of carbonyl (C=O) groups is 1. The van der Waals surface area contributed by atoms with E-state index in [1.165, 1.54) is 35.7 Å². The first-order chi connectivity index (χ1) is 14.9. The van der Waals surface area contributed by atoms with Crippen molar-refractivity contribution in [2.45, 2.75) is 56.5 Å². The molecule has 0 spiro atoms. The molecule has 2 N–H and O–H groups in total. The van der Waals surface area contributed by atoms with Crippen molar-refractivity contribution >= 4 is 5.91 Å². The molecule has 1 amide bonds. The number of aromatic nitrogens is 2. The van der Waals surface area contributed by atoms with E-state index in [1.54, 1.807) is 12.1 Å². The molecule has 1 aromatic heterocycles. The van der Waals surface area contributed by atoms with Crippen LogP contribution in [0.25, 0.3) is 0 Å². The van der Waals surface area contributed by atoms with Gasteiger partial charge in [-0.05, 0) is 43.4 Å². The Balaban J connectivity index is 1.31. The molecule has 1 aliphatic heterocycles. The van der Waals surface area contributed by atoms with Crippen LogP contribution in [0.3, 0.4) is 0 Å². The molecule has 2 aliphatic rings. The van der Waals surface area contributed by atoms with Gasteiger partial charge >= 0.3 is 5.69 Å². The number of hydrogen-bond donors (Lipinski definition) is 2. The smallest absolute Gasteiger partial charge is 0.328 e. The van der Waals surface area contributed by atoms with Crippen molar-refractivity contribution in [3.8, 4) is 0 Å². The number of piperidine rings is 1. The first-order valence-corrected chi connectivity index (χ1v) is 11.0. The van der Waals surface area contributed by atoms with E-state index in [4.69, 9.17) is 0 Å². The molecule has 7 nitrogen and oxygen atoms in total. The SMILES string of the molecule is O=C(Cn1ccc(=O)[nH]c1=O)NC1CCN(CC2(c3cccc(F)c3)CCCC2)CC1. The molecule has 4 rings (SSSR count). The Morgan fingerprint density at radius 2 is 1.90 bits per heavy atom. The first-order valence-electron chi connectivity index (χ1n) is 11.0. The molecule has 31 heavy (non-hydrogen) atoms. The number of likely N-dealkylation sites (tertiary alicyclic amines) is 1. The number of rotatable bonds is 6. The molecule has 1 saturated heterocycles. The molecular weight excluding hydrogens is 399 g/mol. The zero-order valence-electron chi connectivity index (χ0n) is 17.6. The molecule has 0 unspecified atom stereocenters. The van der Waals surface area contributed by atoms with Crippen LogP contribution < -0.4 is 16.6 Å². The number of aromatic amines is 1. The molecule has 0 bridgehead atoms. The topological polar surface area (TPSA) is 87.2 Å². The maximum atomic E-state index is 13.9. The second kappa shape index (κ2) is 9.18. The minimum atomic E-state index is -0.586. The van der Waals surface area contributed by atoms with Gasteiger partial charge in [0.25, 0.3) is 5.56 Å². The van der Waals surface area contributed by atoms with Crippen molar-refractivity contribution in [1.82, 2.24) is 19.8 Å². The Morgan fingerprint density at radius 1 is 1.16 bits per heavy atom. The van der Waals surface area contributed by atoms with Crippen LogP contribution in [0, 0.1) is 5.82 Å². The third-order valence-corrected chi connectivity index (χ3v) is 6.69. The van der Waals surface area contributed by atoms with E-state index in [0.717, 1.165) is 50.9 Å². The molecule has 2 aromatic rings. The summed E-state index contributed by atoms with van der Waals surface area (Å²) in [5.74, 6) is -0.411. The summed E-state index contributed by atoms with van der Waals surface area (Å²) in [7, 11) is 0. The van der Waals surface area contributed by atoms with Gasteiger partial charge in [-0.25, -0.2) is 9.18 Å². The average molecular weight is 429 g/mol. The summed E-state index contributed by atoms with van der Waals surface area (Å²) < 4.78 is 15.0. The molecule has 166 valence electrons. The highest BCUT2D eigenvalue weighted by Gasteiger charge is 2.38. The van der Waals surface area contributed by atoms with Crippen LogP contribution in [-0.4, -0.2) is 46.0 Å². The number of hydrogen-bond acceptors (Lipinski definition) is 4. The van der Waals surface area contributed by atoms with Crippen molar-refractivity contribution in [3.05, 3.63) is 68.7 Å². The lowest BCUT2D eigenvalue weighted by Gasteiger charge is -2.39. The quantitative estimate of drug-likeness (QED) is 0.734. The van der Waals surface area contributed by atoms with Gasteiger partial charge in [-0.1, -0.05) is 25.0 Å². The van der Waals surface area contributed by atoms with Gasteiger partial charge < -0.3 is 10.2 Å². The van der Waals surface area contributed by atoms with Gasteiger partial charge in [0.05, 0.1) is 0 Å². The highest BCUT2D eigenvalue weighted by Crippen LogP contribution is 2.42. The number of benzene rings is 1. The van der Waals surface area contributed by atoms with E-state index < -0.39 is 11.2 Å². The zero-order valence-corrected chi connectivity index (χ0v) is 17.6. The largest absolute Gasteiger partial charge is 0.352 e. The summed E-state index contributed by atoms with van der Waals surface area (Å²) >= 11 is 0. The van der Waals surface area contributed by atoms with Crippen molar-refractivity contribution in [2.24, 2.45) is 0 Å².